The summed E-state index contributed by atoms with van der Waals surface area (Å²) in [6.45, 7) is 3.45. The molecule has 2 aromatic rings. The van der Waals surface area contributed by atoms with E-state index >= 15 is 0 Å². The van der Waals surface area contributed by atoms with E-state index in [1.54, 1.807) is 7.11 Å². The van der Waals surface area contributed by atoms with Gasteiger partial charge in [-0.25, -0.2) is 0 Å². The summed E-state index contributed by atoms with van der Waals surface area (Å²) in [5.74, 6) is 0.825. The first-order valence-corrected chi connectivity index (χ1v) is 8.79. The quantitative estimate of drug-likeness (QED) is 0.846. The number of hydrogen-bond donors (Lipinski definition) is 1. The number of aliphatic hydroxyl groups is 1. The van der Waals surface area contributed by atoms with Gasteiger partial charge in [0, 0.05) is 24.5 Å². The highest BCUT2D eigenvalue weighted by Crippen LogP contribution is 2.24. The second-order valence-corrected chi connectivity index (χ2v) is 6.88. The first-order valence-electron chi connectivity index (χ1n) is 7.91. The van der Waals surface area contributed by atoms with Gasteiger partial charge in [0.05, 0.1) is 26.4 Å². The molecule has 3 rings (SSSR count). The zero-order valence-electron chi connectivity index (χ0n) is 13.4. The average molecular weight is 333 g/mol. The topological polar surface area (TPSA) is 41.9 Å². The molecule has 1 aromatic heterocycles. The Hall–Kier alpha value is -1.40. The van der Waals surface area contributed by atoms with E-state index in [4.69, 9.17) is 9.47 Å². The maximum atomic E-state index is 10.2. The summed E-state index contributed by atoms with van der Waals surface area (Å²) in [4.78, 5) is 3.79. The lowest BCUT2D eigenvalue weighted by Crippen LogP contribution is -2.37. The van der Waals surface area contributed by atoms with Gasteiger partial charge in [-0.15, -0.1) is 11.3 Å². The highest BCUT2D eigenvalue weighted by Gasteiger charge is 2.19. The number of aliphatic hydroxyl groups excluding tert-OH is 1. The van der Waals surface area contributed by atoms with E-state index in [2.05, 4.69) is 16.3 Å². The van der Waals surface area contributed by atoms with E-state index < -0.39 is 6.10 Å². The number of fused-ring (bicyclic) bond motifs is 1. The van der Waals surface area contributed by atoms with E-state index in [0.717, 1.165) is 30.8 Å². The average Bonchev–Trinajstić information content (AvgIpc) is 3.02. The Kier molecular flexibility index (Phi) is 5.67. The summed E-state index contributed by atoms with van der Waals surface area (Å²) in [6.07, 6.45) is 0.630. The van der Waals surface area contributed by atoms with E-state index in [9.17, 15) is 5.11 Å². The molecule has 4 nitrogen and oxygen atoms in total. The lowest BCUT2D eigenvalue weighted by molar-refractivity contribution is 0.00782. The van der Waals surface area contributed by atoms with Crippen LogP contribution in [0.5, 0.6) is 5.75 Å². The molecule has 2 heterocycles. The first-order chi connectivity index (χ1) is 11.2. The van der Waals surface area contributed by atoms with Gasteiger partial charge in [-0.1, -0.05) is 12.1 Å². The molecule has 0 saturated carbocycles. The second-order valence-electron chi connectivity index (χ2n) is 5.87. The Morgan fingerprint density at radius 3 is 3.13 bits per heavy atom. The van der Waals surface area contributed by atoms with Crippen LogP contribution in [0.1, 0.15) is 16.0 Å². The maximum absolute atomic E-state index is 10.2. The molecule has 0 bridgehead atoms. The van der Waals surface area contributed by atoms with Crippen LogP contribution in [0.2, 0.25) is 0 Å². The van der Waals surface area contributed by atoms with Gasteiger partial charge >= 0.3 is 0 Å². The number of methoxy groups -OCH3 is 1. The van der Waals surface area contributed by atoms with Crippen LogP contribution in [0.3, 0.4) is 0 Å². The van der Waals surface area contributed by atoms with E-state index in [1.165, 1.54) is 10.4 Å². The summed E-state index contributed by atoms with van der Waals surface area (Å²) in [6, 6.07) is 10.00. The molecule has 0 radical (unpaired) electrons. The van der Waals surface area contributed by atoms with Crippen LogP contribution in [0.4, 0.5) is 0 Å². The number of hydrogen-bond acceptors (Lipinski definition) is 5. The molecule has 124 valence electrons. The third-order valence-corrected chi connectivity index (χ3v) is 5.09. The fourth-order valence-corrected chi connectivity index (χ4v) is 3.78. The molecule has 1 atom stereocenters. The normalized spacial score (nSPS) is 16.1. The SMILES string of the molecule is COc1cccc(COCC(O)CN2CCc3sccc3C2)c1. The van der Waals surface area contributed by atoms with Gasteiger partial charge in [-0.3, -0.25) is 4.90 Å². The van der Waals surface area contributed by atoms with Gasteiger partial charge in [-0.05, 0) is 41.1 Å². The van der Waals surface area contributed by atoms with Crippen molar-refractivity contribution >= 4 is 11.3 Å². The standard InChI is InChI=1S/C18H23NO3S/c1-21-17-4-2-3-14(9-17)12-22-13-16(20)11-19-7-5-18-15(10-19)6-8-23-18/h2-4,6,8-9,16,20H,5,7,10-13H2,1H3. The van der Waals surface area contributed by atoms with Crippen molar-refractivity contribution in [2.45, 2.75) is 25.7 Å². The Labute approximate surface area is 141 Å². The summed E-state index contributed by atoms with van der Waals surface area (Å²) >= 11 is 1.84. The Balaban J connectivity index is 1.40. The molecule has 0 amide bonds. The van der Waals surface area contributed by atoms with Crippen molar-refractivity contribution in [1.29, 1.82) is 0 Å². The van der Waals surface area contributed by atoms with E-state index in [1.807, 2.05) is 35.6 Å². The highest BCUT2D eigenvalue weighted by atomic mass is 32.1. The molecule has 1 aromatic carbocycles. The molecule has 1 unspecified atom stereocenters. The first kappa shape index (κ1) is 16.5. The number of ether oxygens (including phenoxy) is 2. The molecule has 1 aliphatic heterocycles. The number of benzene rings is 1. The van der Waals surface area contributed by atoms with Crippen LogP contribution in [-0.2, 0) is 24.3 Å². The van der Waals surface area contributed by atoms with Gasteiger partial charge in [0.15, 0.2) is 0 Å². The molecule has 0 spiro atoms. The fraction of sp³-hybridized carbons (Fsp3) is 0.444. The number of nitrogens with zero attached hydrogens (tertiary/aromatic N) is 1. The van der Waals surface area contributed by atoms with Crippen molar-refractivity contribution < 1.29 is 14.6 Å². The largest absolute Gasteiger partial charge is 0.497 e. The molecule has 5 heteroatoms. The van der Waals surface area contributed by atoms with Crippen molar-refractivity contribution in [3.8, 4) is 5.75 Å². The van der Waals surface area contributed by atoms with Crippen LogP contribution in [0.15, 0.2) is 35.7 Å². The molecule has 0 aliphatic carbocycles. The predicted octanol–water partition coefficient (Wildman–Crippen LogP) is 2.69. The van der Waals surface area contributed by atoms with E-state index in [0.29, 0.717) is 19.8 Å². The second kappa shape index (κ2) is 7.93. The summed E-state index contributed by atoms with van der Waals surface area (Å²) < 4.78 is 10.8. The van der Waals surface area contributed by atoms with Crippen molar-refractivity contribution in [3.05, 3.63) is 51.7 Å². The zero-order chi connectivity index (χ0) is 16.1. The van der Waals surface area contributed by atoms with Crippen LogP contribution >= 0.6 is 11.3 Å². The number of thiophene rings is 1. The monoisotopic (exact) mass is 333 g/mol. The fourth-order valence-electron chi connectivity index (χ4n) is 2.89. The summed E-state index contributed by atoms with van der Waals surface area (Å²) in [5, 5.41) is 12.3. The molecule has 1 N–H and O–H groups in total. The lowest BCUT2D eigenvalue weighted by Gasteiger charge is -2.28. The molecule has 0 fully saturated rings. The minimum absolute atomic E-state index is 0.351. The van der Waals surface area contributed by atoms with Crippen molar-refractivity contribution in [2.75, 3.05) is 26.8 Å². The Morgan fingerprint density at radius 2 is 2.26 bits per heavy atom. The van der Waals surface area contributed by atoms with Gasteiger partial charge in [0.1, 0.15) is 5.75 Å². The van der Waals surface area contributed by atoms with Crippen molar-refractivity contribution in [3.63, 3.8) is 0 Å². The molecule has 23 heavy (non-hydrogen) atoms. The van der Waals surface area contributed by atoms with Gasteiger partial charge in [-0.2, -0.15) is 0 Å². The van der Waals surface area contributed by atoms with Gasteiger partial charge in [0.2, 0.25) is 0 Å². The minimum atomic E-state index is -0.458. The third-order valence-electron chi connectivity index (χ3n) is 4.07. The van der Waals surface area contributed by atoms with Crippen molar-refractivity contribution in [1.82, 2.24) is 4.90 Å². The smallest absolute Gasteiger partial charge is 0.119 e. The highest BCUT2D eigenvalue weighted by molar-refractivity contribution is 7.10. The minimum Gasteiger partial charge on any atom is -0.497 e. The predicted molar refractivity (Wildman–Crippen MR) is 92.0 cm³/mol. The molecular weight excluding hydrogens is 310 g/mol. The summed E-state index contributed by atoms with van der Waals surface area (Å²) in [7, 11) is 1.65. The van der Waals surface area contributed by atoms with Crippen LogP contribution < -0.4 is 4.74 Å². The Morgan fingerprint density at radius 1 is 1.35 bits per heavy atom. The van der Waals surface area contributed by atoms with Crippen LogP contribution in [0, 0.1) is 0 Å². The van der Waals surface area contributed by atoms with Crippen LogP contribution in [-0.4, -0.2) is 42.9 Å². The number of β-amino-alcohol motifs (C(OH)–C–C–N with tert-alkyl or cyclic N) is 1. The zero-order valence-corrected chi connectivity index (χ0v) is 14.2. The number of rotatable bonds is 7. The van der Waals surface area contributed by atoms with E-state index in [-0.39, 0.29) is 0 Å². The summed E-state index contributed by atoms with van der Waals surface area (Å²) in [5.41, 5.74) is 2.46. The van der Waals surface area contributed by atoms with Crippen LogP contribution in [0.25, 0.3) is 0 Å². The molecular formula is C18H23NO3S. The maximum Gasteiger partial charge on any atom is 0.119 e. The Bertz CT molecular complexity index is 628. The van der Waals surface area contributed by atoms with Crippen molar-refractivity contribution in [2.24, 2.45) is 0 Å². The lowest BCUT2D eigenvalue weighted by atomic mass is 10.1. The molecule has 1 aliphatic rings. The molecule has 0 saturated heterocycles. The van der Waals surface area contributed by atoms with Gasteiger partial charge in [0.25, 0.3) is 0 Å². The van der Waals surface area contributed by atoms with Gasteiger partial charge < -0.3 is 14.6 Å². The third kappa shape index (κ3) is 4.54.